The Morgan fingerprint density at radius 3 is 2.16 bits per heavy atom. The number of carbonyl (C=O) groups excluding carboxylic acids is 3. The molecule has 0 aliphatic carbocycles. The molecule has 0 aliphatic heterocycles. The van der Waals surface area contributed by atoms with Crippen LogP contribution in [0.5, 0.6) is 0 Å². The Kier molecular flexibility index (Phi) is 6.65. The van der Waals surface area contributed by atoms with Crippen molar-refractivity contribution in [2.24, 2.45) is 0 Å². The van der Waals surface area contributed by atoms with Gasteiger partial charge < -0.3 is 9.47 Å². The average Bonchev–Trinajstić information content (AvgIpc) is 2.64. The number of esters is 2. The van der Waals surface area contributed by atoms with E-state index >= 15 is 0 Å². The quantitative estimate of drug-likeness (QED) is 0.418. The summed E-state index contributed by atoms with van der Waals surface area (Å²) in [4.78, 5) is 34.9. The highest BCUT2D eigenvalue weighted by Gasteiger charge is 2.08. The highest BCUT2D eigenvalue weighted by Crippen LogP contribution is 2.11. The summed E-state index contributed by atoms with van der Waals surface area (Å²) in [6.45, 7) is -0.327. The molecule has 2 aromatic carbocycles. The largest absolute Gasteiger partial charge is 0.465 e. The smallest absolute Gasteiger partial charge is 0.337 e. The average molecular weight is 403 g/mol. The molecule has 0 unspecified atom stereocenters. The lowest BCUT2D eigenvalue weighted by Crippen LogP contribution is -2.12. The topological polar surface area (TPSA) is 69.7 Å². The summed E-state index contributed by atoms with van der Waals surface area (Å²) in [5.74, 6) is -1.33. The van der Waals surface area contributed by atoms with Gasteiger partial charge in [0.2, 0.25) is 0 Å². The fraction of sp³-hybridized carbons (Fsp3) is 0.105. The molecule has 0 aromatic heterocycles. The molecular formula is C19H15BrO5. The highest BCUT2D eigenvalue weighted by molar-refractivity contribution is 9.10. The molecule has 5 nitrogen and oxygen atoms in total. The van der Waals surface area contributed by atoms with Crippen LogP contribution in [0.15, 0.2) is 59.1 Å². The number of carbonyl (C=O) groups is 3. The van der Waals surface area contributed by atoms with Crippen molar-refractivity contribution in [1.82, 2.24) is 0 Å². The van der Waals surface area contributed by atoms with E-state index < -0.39 is 11.9 Å². The van der Waals surface area contributed by atoms with Gasteiger partial charge >= 0.3 is 11.9 Å². The zero-order valence-electron chi connectivity index (χ0n) is 13.4. The van der Waals surface area contributed by atoms with Crippen molar-refractivity contribution in [1.29, 1.82) is 0 Å². The van der Waals surface area contributed by atoms with Crippen molar-refractivity contribution in [2.75, 3.05) is 13.7 Å². The SMILES string of the molecule is COC(=O)c1ccc(/C=C/C(=O)OCC(=O)c2ccc(Br)cc2)cc1. The second-order valence-electron chi connectivity index (χ2n) is 4.98. The third kappa shape index (κ3) is 5.69. The van der Waals surface area contributed by atoms with Crippen LogP contribution in [-0.4, -0.2) is 31.4 Å². The van der Waals surface area contributed by atoms with E-state index in [1.54, 1.807) is 48.5 Å². The second-order valence-corrected chi connectivity index (χ2v) is 5.90. The fourth-order valence-electron chi connectivity index (χ4n) is 1.92. The first-order valence-electron chi connectivity index (χ1n) is 7.31. The summed E-state index contributed by atoms with van der Waals surface area (Å²) >= 11 is 3.28. The molecule has 2 rings (SSSR count). The molecule has 25 heavy (non-hydrogen) atoms. The van der Waals surface area contributed by atoms with Crippen LogP contribution in [-0.2, 0) is 14.3 Å². The molecule has 0 radical (unpaired) electrons. The van der Waals surface area contributed by atoms with Gasteiger partial charge in [0.15, 0.2) is 12.4 Å². The molecule has 0 saturated carbocycles. The van der Waals surface area contributed by atoms with Crippen molar-refractivity contribution >= 4 is 39.7 Å². The molecule has 0 saturated heterocycles. The predicted octanol–water partition coefficient (Wildman–Crippen LogP) is 3.68. The van der Waals surface area contributed by atoms with E-state index in [0.717, 1.165) is 4.47 Å². The van der Waals surface area contributed by atoms with Crippen molar-refractivity contribution in [3.05, 3.63) is 75.8 Å². The van der Waals surface area contributed by atoms with Crippen LogP contribution in [0.1, 0.15) is 26.3 Å². The van der Waals surface area contributed by atoms with Crippen molar-refractivity contribution in [3.8, 4) is 0 Å². The van der Waals surface area contributed by atoms with E-state index in [9.17, 15) is 14.4 Å². The number of hydrogen-bond acceptors (Lipinski definition) is 5. The van der Waals surface area contributed by atoms with E-state index in [1.165, 1.54) is 19.3 Å². The fourth-order valence-corrected chi connectivity index (χ4v) is 2.18. The minimum absolute atomic E-state index is 0.281. The van der Waals surface area contributed by atoms with Gasteiger partial charge in [-0.25, -0.2) is 9.59 Å². The molecule has 0 bridgehead atoms. The molecule has 0 fully saturated rings. The minimum atomic E-state index is -0.623. The summed E-state index contributed by atoms with van der Waals surface area (Å²) in [7, 11) is 1.31. The summed E-state index contributed by atoms with van der Waals surface area (Å²) in [6.07, 6.45) is 2.76. The lowest BCUT2D eigenvalue weighted by Gasteiger charge is -2.02. The number of ether oxygens (including phenoxy) is 2. The summed E-state index contributed by atoms with van der Waals surface area (Å²) in [5, 5.41) is 0. The minimum Gasteiger partial charge on any atom is -0.465 e. The van der Waals surface area contributed by atoms with Crippen LogP contribution in [0, 0.1) is 0 Å². The van der Waals surface area contributed by atoms with Crippen molar-refractivity contribution < 1.29 is 23.9 Å². The van der Waals surface area contributed by atoms with Gasteiger partial charge in [-0.05, 0) is 35.9 Å². The third-order valence-electron chi connectivity index (χ3n) is 3.26. The van der Waals surface area contributed by atoms with Gasteiger partial charge in [0.1, 0.15) is 0 Å². The maximum atomic E-state index is 11.9. The van der Waals surface area contributed by atoms with E-state index in [2.05, 4.69) is 20.7 Å². The van der Waals surface area contributed by atoms with Gasteiger partial charge in [-0.3, -0.25) is 4.79 Å². The summed E-state index contributed by atoms with van der Waals surface area (Å²) in [6, 6.07) is 13.3. The number of benzene rings is 2. The first-order valence-corrected chi connectivity index (χ1v) is 8.11. The lowest BCUT2D eigenvalue weighted by molar-refractivity contribution is -0.136. The lowest BCUT2D eigenvalue weighted by atomic mass is 10.1. The first-order chi connectivity index (χ1) is 12.0. The van der Waals surface area contributed by atoms with E-state index in [-0.39, 0.29) is 12.4 Å². The van der Waals surface area contributed by atoms with Crippen molar-refractivity contribution in [2.45, 2.75) is 0 Å². The van der Waals surface area contributed by atoms with Gasteiger partial charge in [-0.2, -0.15) is 0 Å². The van der Waals surface area contributed by atoms with Crippen molar-refractivity contribution in [3.63, 3.8) is 0 Å². The zero-order chi connectivity index (χ0) is 18.2. The van der Waals surface area contributed by atoms with E-state index in [4.69, 9.17) is 4.74 Å². The van der Waals surface area contributed by atoms with Crippen LogP contribution in [0.2, 0.25) is 0 Å². The summed E-state index contributed by atoms with van der Waals surface area (Å²) in [5.41, 5.74) is 1.60. The van der Waals surface area contributed by atoms with Crippen LogP contribution >= 0.6 is 15.9 Å². The van der Waals surface area contributed by atoms with E-state index in [0.29, 0.717) is 16.7 Å². The number of methoxy groups -OCH3 is 1. The Morgan fingerprint density at radius 1 is 0.960 bits per heavy atom. The van der Waals surface area contributed by atoms with Gasteiger partial charge in [-0.15, -0.1) is 0 Å². The van der Waals surface area contributed by atoms with Gasteiger partial charge in [-0.1, -0.05) is 40.2 Å². The normalized spacial score (nSPS) is 10.5. The van der Waals surface area contributed by atoms with Gasteiger partial charge in [0.05, 0.1) is 12.7 Å². The number of Topliss-reactive ketones (excluding diaryl/α,β-unsaturated/α-hetero) is 1. The molecule has 0 amide bonds. The molecule has 0 N–H and O–H groups in total. The number of ketones is 1. The molecular weight excluding hydrogens is 388 g/mol. The Balaban J connectivity index is 1.87. The Morgan fingerprint density at radius 2 is 1.56 bits per heavy atom. The number of rotatable bonds is 6. The number of hydrogen-bond donors (Lipinski definition) is 0. The Hall–Kier alpha value is -2.73. The highest BCUT2D eigenvalue weighted by atomic mass is 79.9. The molecule has 0 heterocycles. The molecule has 6 heteroatoms. The van der Waals surface area contributed by atoms with Gasteiger partial charge in [0.25, 0.3) is 0 Å². The molecule has 0 atom stereocenters. The van der Waals surface area contributed by atoms with Crippen LogP contribution in [0.4, 0.5) is 0 Å². The summed E-state index contributed by atoms with van der Waals surface area (Å²) < 4.78 is 10.4. The first kappa shape index (κ1) is 18.6. The Bertz CT molecular complexity index is 792. The Labute approximate surface area is 153 Å². The number of halogens is 1. The maximum Gasteiger partial charge on any atom is 0.337 e. The molecule has 0 aliphatic rings. The second kappa shape index (κ2) is 8.94. The van der Waals surface area contributed by atoms with Crippen LogP contribution < -0.4 is 0 Å². The van der Waals surface area contributed by atoms with Gasteiger partial charge in [0, 0.05) is 16.1 Å². The molecule has 2 aromatic rings. The zero-order valence-corrected chi connectivity index (χ0v) is 15.0. The predicted molar refractivity (Wildman–Crippen MR) is 96.2 cm³/mol. The monoisotopic (exact) mass is 402 g/mol. The molecule has 128 valence electrons. The standard InChI is InChI=1S/C19H15BrO5/c1-24-19(23)15-5-2-13(3-6-15)4-11-18(22)25-12-17(21)14-7-9-16(20)10-8-14/h2-11H,12H2,1H3/b11-4+. The van der Waals surface area contributed by atoms with Crippen LogP contribution in [0.25, 0.3) is 6.08 Å². The van der Waals surface area contributed by atoms with Crippen LogP contribution in [0.3, 0.4) is 0 Å². The third-order valence-corrected chi connectivity index (χ3v) is 3.78. The molecule has 0 spiro atoms. The van der Waals surface area contributed by atoms with E-state index in [1.807, 2.05) is 0 Å². The maximum absolute atomic E-state index is 11.9.